The first-order valence-electron chi connectivity index (χ1n) is 9.79. The molecule has 0 unspecified atom stereocenters. The number of nitrogens with one attached hydrogen (secondary N) is 2. The summed E-state index contributed by atoms with van der Waals surface area (Å²) in [5, 5.41) is 20.8. The van der Waals surface area contributed by atoms with Gasteiger partial charge in [-0.1, -0.05) is 12.1 Å². The summed E-state index contributed by atoms with van der Waals surface area (Å²) < 4.78 is 0. The number of pyridine rings is 1. The van der Waals surface area contributed by atoms with Crippen molar-refractivity contribution in [2.24, 2.45) is 0 Å². The number of carbonyl (C=O) groups excluding carboxylic acids is 1. The number of fused-ring (bicyclic) bond motifs is 5. The van der Waals surface area contributed by atoms with Gasteiger partial charge in [0.1, 0.15) is 6.54 Å². The van der Waals surface area contributed by atoms with Gasteiger partial charge in [0.25, 0.3) is 5.91 Å². The minimum absolute atomic E-state index is 0.00278. The zero-order valence-electron chi connectivity index (χ0n) is 15.8. The van der Waals surface area contributed by atoms with Crippen LogP contribution in [-0.2, 0) is 12.8 Å². The van der Waals surface area contributed by atoms with E-state index >= 15 is 0 Å². The fourth-order valence-corrected chi connectivity index (χ4v) is 4.29. The summed E-state index contributed by atoms with van der Waals surface area (Å²) in [5.41, 5.74) is 7.24. The van der Waals surface area contributed by atoms with Crippen LogP contribution in [0, 0.1) is 11.3 Å². The number of nitrogens with zero attached hydrogens (tertiary/aromatic N) is 3. The smallest absolute Gasteiger partial charge is 0.252 e. The number of rotatable bonds is 3. The van der Waals surface area contributed by atoms with E-state index in [1.807, 2.05) is 30.5 Å². The summed E-state index contributed by atoms with van der Waals surface area (Å²) in [4.78, 5) is 17.1. The minimum Gasteiger partial charge on any atom is -0.339 e. The maximum atomic E-state index is 12.1. The van der Waals surface area contributed by atoms with Crippen LogP contribution in [0.15, 0.2) is 42.6 Å². The predicted octanol–water partition coefficient (Wildman–Crippen LogP) is 3.91. The fourth-order valence-electron chi connectivity index (χ4n) is 4.29. The van der Waals surface area contributed by atoms with Crippen LogP contribution in [0.3, 0.4) is 0 Å². The Morgan fingerprint density at radius 2 is 1.90 bits per heavy atom. The van der Waals surface area contributed by atoms with Crippen molar-refractivity contribution in [3.8, 4) is 17.3 Å². The maximum Gasteiger partial charge on any atom is 0.252 e. The molecule has 0 saturated heterocycles. The summed E-state index contributed by atoms with van der Waals surface area (Å²) in [6, 6.07) is 13.5. The van der Waals surface area contributed by atoms with Crippen molar-refractivity contribution < 1.29 is 4.79 Å². The number of aromatic nitrogens is 3. The second-order valence-corrected chi connectivity index (χ2v) is 7.33. The molecular formula is C23H19N5O. The second-order valence-electron chi connectivity index (χ2n) is 7.33. The molecule has 2 N–H and O–H groups in total. The number of H-pyrrole nitrogens is 1. The highest BCUT2D eigenvalue weighted by Crippen LogP contribution is 2.37. The van der Waals surface area contributed by atoms with Gasteiger partial charge in [0.05, 0.1) is 29.0 Å². The van der Waals surface area contributed by atoms with Gasteiger partial charge in [-0.3, -0.25) is 9.89 Å². The topological polar surface area (TPSA) is 94.5 Å². The Kier molecular flexibility index (Phi) is 4.21. The summed E-state index contributed by atoms with van der Waals surface area (Å²) in [7, 11) is 0. The van der Waals surface area contributed by atoms with Gasteiger partial charge in [0.15, 0.2) is 0 Å². The van der Waals surface area contributed by atoms with Crippen molar-refractivity contribution in [3.63, 3.8) is 0 Å². The number of aromatic amines is 1. The first-order chi connectivity index (χ1) is 14.3. The molecule has 1 aliphatic rings. The van der Waals surface area contributed by atoms with Gasteiger partial charge < -0.3 is 5.32 Å². The van der Waals surface area contributed by atoms with Crippen LogP contribution in [0.1, 0.15) is 34.3 Å². The van der Waals surface area contributed by atoms with E-state index < -0.39 is 0 Å². The van der Waals surface area contributed by atoms with E-state index in [4.69, 9.17) is 10.2 Å². The van der Waals surface area contributed by atoms with Crippen LogP contribution in [0.25, 0.3) is 33.1 Å². The van der Waals surface area contributed by atoms with Gasteiger partial charge in [0.2, 0.25) is 0 Å². The van der Waals surface area contributed by atoms with E-state index in [1.165, 1.54) is 22.9 Å². The Labute approximate surface area is 167 Å². The van der Waals surface area contributed by atoms with Gasteiger partial charge in [-0.2, -0.15) is 10.4 Å². The molecule has 6 nitrogen and oxygen atoms in total. The molecule has 29 heavy (non-hydrogen) atoms. The molecule has 1 aliphatic carbocycles. The summed E-state index contributed by atoms with van der Waals surface area (Å²) in [6.45, 7) is 0.00278. The molecule has 0 aliphatic heterocycles. The van der Waals surface area contributed by atoms with Crippen LogP contribution >= 0.6 is 0 Å². The number of aryl methyl sites for hydroxylation is 1. The lowest BCUT2D eigenvalue weighted by molar-refractivity contribution is 0.0958. The molecule has 0 atom stereocenters. The molecule has 142 valence electrons. The number of amides is 1. The largest absolute Gasteiger partial charge is 0.339 e. The van der Waals surface area contributed by atoms with E-state index in [9.17, 15) is 4.79 Å². The maximum absolute atomic E-state index is 12.1. The third-order valence-electron chi connectivity index (χ3n) is 5.64. The lowest BCUT2D eigenvalue weighted by Gasteiger charge is -2.22. The van der Waals surface area contributed by atoms with Crippen molar-refractivity contribution in [2.45, 2.75) is 25.7 Å². The van der Waals surface area contributed by atoms with Gasteiger partial charge in [0, 0.05) is 21.9 Å². The molecule has 2 aromatic heterocycles. The lowest BCUT2D eigenvalue weighted by Crippen LogP contribution is -2.23. The van der Waals surface area contributed by atoms with Crippen LogP contribution in [-0.4, -0.2) is 27.6 Å². The lowest BCUT2D eigenvalue weighted by atomic mass is 9.85. The normalized spacial score (nSPS) is 13.2. The third-order valence-corrected chi connectivity index (χ3v) is 5.64. The number of hydrogen-bond donors (Lipinski definition) is 2. The summed E-state index contributed by atoms with van der Waals surface area (Å²) in [5.74, 6) is -0.242. The fraction of sp³-hybridized carbons (Fsp3) is 0.217. The van der Waals surface area contributed by atoms with Crippen molar-refractivity contribution in [1.29, 1.82) is 5.26 Å². The highest BCUT2D eigenvalue weighted by Gasteiger charge is 2.21. The van der Waals surface area contributed by atoms with Crippen LogP contribution in [0.4, 0.5) is 0 Å². The van der Waals surface area contributed by atoms with Crippen molar-refractivity contribution in [1.82, 2.24) is 20.5 Å². The summed E-state index contributed by atoms with van der Waals surface area (Å²) >= 11 is 0. The number of nitriles is 1. The first-order valence-corrected chi connectivity index (χ1v) is 9.79. The molecule has 0 spiro atoms. The highest BCUT2D eigenvalue weighted by molar-refractivity contribution is 6.07. The van der Waals surface area contributed by atoms with Crippen LogP contribution < -0.4 is 5.32 Å². The average Bonchev–Trinajstić information content (AvgIpc) is 3.26. The molecule has 0 bridgehead atoms. The molecule has 6 heteroatoms. The minimum atomic E-state index is -0.242. The Morgan fingerprint density at radius 1 is 1.10 bits per heavy atom. The monoisotopic (exact) mass is 381 g/mol. The Bertz CT molecular complexity index is 1280. The van der Waals surface area contributed by atoms with Gasteiger partial charge in [-0.05, 0) is 61.1 Å². The van der Waals surface area contributed by atoms with Crippen LogP contribution in [0.5, 0.6) is 0 Å². The van der Waals surface area contributed by atoms with Crippen molar-refractivity contribution >= 4 is 27.7 Å². The average molecular weight is 381 g/mol. The Balaban J connectivity index is 1.65. The molecule has 2 heterocycles. The van der Waals surface area contributed by atoms with E-state index in [0.717, 1.165) is 46.9 Å². The third kappa shape index (κ3) is 2.92. The SMILES string of the molecule is N#CCNC(=O)c1ccc(-c2nc3ccc4[nH]ncc4c3c3c2CCCC3)cc1. The molecule has 2 aromatic carbocycles. The second kappa shape index (κ2) is 7.02. The van der Waals surface area contributed by atoms with Gasteiger partial charge in [-0.15, -0.1) is 0 Å². The van der Waals surface area contributed by atoms with Crippen molar-refractivity contribution in [3.05, 3.63) is 59.3 Å². The van der Waals surface area contributed by atoms with Gasteiger partial charge in [-0.25, -0.2) is 4.98 Å². The van der Waals surface area contributed by atoms with E-state index in [1.54, 1.807) is 12.1 Å². The van der Waals surface area contributed by atoms with Crippen molar-refractivity contribution in [2.75, 3.05) is 6.54 Å². The summed E-state index contributed by atoms with van der Waals surface area (Å²) in [6.07, 6.45) is 6.27. The highest BCUT2D eigenvalue weighted by atomic mass is 16.1. The first kappa shape index (κ1) is 17.4. The molecule has 0 saturated carbocycles. The molecular weight excluding hydrogens is 362 g/mol. The quantitative estimate of drug-likeness (QED) is 0.526. The Hall–Kier alpha value is -3.72. The van der Waals surface area contributed by atoms with E-state index in [-0.39, 0.29) is 12.5 Å². The molecule has 0 fully saturated rings. The number of benzene rings is 2. The van der Waals surface area contributed by atoms with E-state index in [2.05, 4.69) is 21.6 Å². The predicted molar refractivity (Wildman–Crippen MR) is 111 cm³/mol. The number of carbonyl (C=O) groups is 1. The molecule has 5 rings (SSSR count). The Morgan fingerprint density at radius 3 is 2.69 bits per heavy atom. The van der Waals surface area contributed by atoms with Gasteiger partial charge >= 0.3 is 0 Å². The van der Waals surface area contributed by atoms with Crippen LogP contribution in [0.2, 0.25) is 0 Å². The molecule has 0 radical (unpaired) electrons. The molecule has 1 amide bonds. The van der Waals surface area contributed by atoms with E-state index in [0.29, 0.717) is 5.56 Å². The number of hydrogen-bond acceptors (Lipinski definition) is 4. The standard InChI is InChI=1S/C23H19N5O/c24-11-12-25-23(29)15-7-5-14(6-8-15)22-17-4-2-1-3-16(17)21-18-13-26-28-19(18)9-10-20(21)27-22/h5-10,13H,1-4,12H2,(H,25,29)(H,26,28). The zero-order chi connectivity index (χ0) is 19.8. The zero-order valence-corrected chi connectivity index (χ0v) is 15.8. The molecule has 4 aromatic rings.